The van der Waals surface area contributed by atoms with Gasteiger partial charge in [0.15, 0.2) is 0 Å². The van der Waals surface area contributed by atoms with Crippen molar-refractivity contribution < 1.29 is 4.39 Å². The maximum absolute atomic E-state index is 13.4. The molecular formula is C13H12FN3S. The third-order valence-corrected chi connectivity index (χ3v) is 2.73. The molecule has 1 heterocycles. The van der Waals surface area contributed by atoms with Gasteiger partial charge in [-0.2, -0.15) is 0 Å². The van der Waals surface area contributed by atoms with E-state index >= 15 is 0 Å². The number of aromatic nitrogens is 1. The summed E-state index contributed by atoms with van der Waals surface area (Å²) in [6.07, 6.45) is 1.58. The average molecular weight is 261 g/mol. The lowest BCUT2D eigenvalue weighted by Gasteiger charge is -2.07. The Morgan fingerprint density at radius 1 is 1.33 bits per heavy atom. The smallest absolute Gasteiger partial charge is 0.130 e. The second-order valence-electron chi connectivity index (χ2n) is 3.89. The van der Waals surface area contributed by atoms with E-state index in [1.54, 1.807) is 37.4 Å². The van der Waals surface area contributed by atoms with E-state index in [-0.39, 0.29) is 5.82 Å². The van der Waals surface area contributed by atoms with Crippen LogP contribution in [0.2, 0.25) is 0 Å². The standard InChI is InChI=1S/C13H12FN3S/c1-8-2-4-10(6-11(8)14)17-12-5-3-9(7-16-12)13(15)18/h2-7H,1H3,(H2,15,18)(H,16,17). The van der Waals surface area contributed by atoms with E-state index in [1.165, 1.54) is 6.07 Å². The molecule has 0 amide bonds. The van der Waals surface area contributed by atoms with Crippen molar-refractivity contribution in [3.63, 3.8) is 0 Å². The van der Waals surface area contributed by atoms with Crippen LogP contribution in [-0.4, -0.2) is 9.97 Å². The summed E-state index contributed by atoms with van der Waals surface area (Å²) in [4.78, 5) is 4.45. The Morgan fingerprint density at radius 3 is 2.67 bits per heavy atom. The molecule has 3 N–H and O–H groups in total. The van der Waals surface area contributed by atoms with Gasteiger partial charge in [0.2, 0.25) is 0 Å². The molecule has 0 spiro atoms. The Hall–Kier alpha value is -2.01. The fourth-order valence-electron chi connectivity index (χ4n) is 1.43. The molecule has 1 aromatic carbocycles. The second-order valence-corrected chi connectivity index (χ2v) is 4.33. The molecule has 0 saturated heterocycles. The zero-order chi connectivity index (χ0) is 13.1. The molecule has 1 aromatic heterocycles. The summed E-state index contributed by atoms with van der Waals surface area (Å²) in [6.45, 7) is 1.72. The molecule has 92 valence electrons. The number of aryl methyl sites for hydroxylation is 1. The monoisotopic (exact) mass is 261 g/mol. The summed E-state index contributed by atoms with van der Waals surface area (Å²) in [5, 5.41) is 3.00. The van der Waals surface area contributed by atoms with Gasteiger partial charge < -0.3 is 11.1 Å². The van der Waals surface area contributed by atoms with Crippen molar-refractivity contribution in [2.24, 2.45) is 5.73 Å². The maximum Gasteiger partial charge on any atom is 0.130 e. The normalized spacial score (nSPS) is 10.1. The molecule has 5 heteroatoms. The molecule has 0 radical (unpaired) electrons. The van der Waals surface area contributed by atoms with E-state index in [0.717, 1.165) is 0 Å². The van der Waals surface area contributed by atoms with E-state index < -0.39 is 0 Å². The van der Waals surface area contributed by atoms with Gasteiger partial charge in [0.05, 0.1) is 0 Å². The minimum absolute atomic E-state index is 0.250. The van der Waals surface area contributed by atoms with Crippen molar-refractivity contribution in [1.29, 1.82) is 0 Å². The molecule has 3 nitrogen and oxygen atoms in total. The molecule has 0 saturated carbocycles. The minimum atomic E-state index is -0.250. The molecule has 0 aliphatic rings. The van der Waals surface area contributed by atoms with Gasteiger partial charge in [-0.25, -0.2) is 9.37 Å². The third kappa shape index (κ3) is 2.81. The number of nitrogens with two attached hydrogens (primary N) is 1. The first-order valence-corrected chi connectivity index (χ1v) is 5.76. The maximum atomic E-state index is 13.4. The first-order chi connectivity index (χ1) is 8.56. The van der Waals surface area contributed by atoms with Gasteiger partial charge in [0.25, 0.3) is 0 Å². The quantitative estimate of drug-likeness (QED) is 0.834. The van der Waals surface area contributed by atoms with Crippen LogP contribution in [0.15, 0.2) is 36.5 Å². The summed E-state index contributed by atoms with van der Waals surface area (Å²) >= 11 is 4.83. The lowest BCUT2D eigenvalue weighted by molar-refractivity contribution is 0.619. The van der Waals surface area contributed by atoms with Crippen LogP contribution >= 0.6 is 12.2 Å². The lowest BCUT2D eigenvalue weighted by Crippen LogP contribution is -2.09. The number of rotatable bonds is 3. The summed E-state index contributed by atoms with van der Waals surface area (Å²) < 4.78 is 13.4. The van der Waals surface area contributed by atoms with E-state index in [9.17, 15) is 4.39 Å². The van der Waals surface area contributed by atoms with Gasteiger partial charge >= 0.3 is 0 Å². The number of halogens is 1. The van der Waals surface area contributed by atoms with Gasteiger partial charge in [-0.15, -0.1) is 0 Å². The number of hydrogen-bond donors (Lipinski definition) is 2. The molecule has 18 heavy (non-hydrogen) atoms. The van der Waals surface area contributed by atoms with Crippen molar-refractivity contribution in [3.05, 3.63) is 53.5 Å². The SMILES string of the molecule is Cc1ccc(Nc2ccc(C(N)=S)cn2)cc1F. The Balaban J connectivity index is 2.18. The van der Waals surface area contributed by atoms with Gasteiger partial charge in [0.1, 0.15) is 16.6 Å². The molecular weight excluding hydrogens is 249 g/mol. The number of benzene rings is 1. The molecule has 2 aromatic rings. The van der Waals surface area contributed by atoms with Gasteiger partial charge in [-0.1, -0.05) is 18.3 Å². The van der Waals surface area contributed by atoms with Crippen molar-refractivity contribution in [3.8, 4) is 0 Å². The minimum Gasteiger partial charge on any atom is -0.389 e. The fourth-order valence-corrected chi connectivity index (χ4v) is 1.55. The molecule has 2 rings (SSSR count). The fraction of sp³-hybridized carbons (Fsp3) is 0.0769. The zero-order valence-corrected chi connectivity index (χ0v) is 10.6. The Bertz CT molecular complexity index is 581. The number of anilines is 2. The van der Waals surface area contributed by atoms with Crippen molar-refractivity contribution in [2.75, 3.05) is 5.32 Å². The Kier molecular flexibility index (Phi) is 3.53. The van der Waals surface area contributed by atoms with Crippen molar-refractivity contribution in [1.82, 2.24) is 4.98 Å². The van der Waals surface area contributed by atoms with E-state index in [4.69, 9.17) is 18.0 Å². The largest absolute Gasteiger partial charge is 0.389 e. The Labute approximate surface area is 110 Å². The number of thiocarbonyl (C=S) groups is 1. The van der Waals surface area contributed by atoms with Gasteiger partial charge in [-0.3, -0.25) is 0 Å². The predicted octanol–water partition coefficient (Wildman–Crippen LogP) is 2.91. The first kappa shape index (κ1) is 12.4. The summed E-state index contributed by atoms with van der Waals surface area (Å²) in [7, 11) is 0. The molecule has 0 bridgehead atoms. The topological polar surface area (TPSA) is 50.9 Å². The molecule has 0 aliphatic carbocycles. The number of hydrogen-bond acceptors (Lipinski definition) is 3. The number of nitrogens with one attached hydrogen (secondary N) is 1. The highest BCUT2D eigenvalue weighted by atomic mass is 32.1. The van der Waals surface area contributed by atoms with E-state index in [2.05, 4.69) is 10.3 Å². The molecule has 0 fully saturated rings. The number of nitrogens with zero attached hydrogens (tertiary/aromatic N) is 1. The van der Waals surface area contributed by atoms with Crippen LogP contribution in [0.4, 0.5) is 15.9 Å². The number of pyridine rings is 1. The van der Waals surface area contributed by atoms with Crippen LogP contribution in [-0.2, 0) is 0 Å². The summed E-state index contributed by atoms with van der Waals surface area (Å²) in [5.74, 6) is 0.359. The third-order valence-electron chi connectivity index (χ3n) is 2.49. The molecule has 0 aliphatic heterocycles. The molecule has 0 unspecified atom stereocenters. The highest BCUT2D eigenvalue weighted by Crippen LogP contribution is 2.17. The lowest BCUT2D eigenvalue weighted by atomic mass is 10.2. The zero-order valence-electron chi connectivity index (χ0n) is 9.77. The van der Waals surface area contributed by atoms with Crippen LogP contribution in [0.5, 0.6) is 0 Å². The van der Waals surface area contributed by atoms with Crippen LogP contribution in [0.1, 0.15) is 11.1 Å². The summed E-state index contributed by atoms with van der Waals surface area (Å²) in [6, 6.07) is 8.44. The van der Waals surface area contributed by atoms with Crippen LogP contribution < -0.4 is 11.1 Å². The van der Waals surface area contributed by atoms with Crippen LogP contribution in [0.3, 0.4) is 0 Å². The second kappa shape index (κ2) is 5.10. The molecule has 0 atom stereocenters. The predicted molar refractivity (Wildman–Crippen MR) is 74.5 cm³/mol. The van der Waals surface area contributed by atoms with Crippen molar-refractivity contribution in [2.45, 2.75) is 6.92 Å². The van der Waals surface area contributed by atoms with Gasteiger partial charge in [0, 0.05) is 17.4 Å². The highest BCUT2D eigenvalue weighted by Gasteiger charge is 2.01. The average Bonchev–Trinajstić information content (AvgIpc) is 2.34. The van der Waals surface area contributed by atoms with E-state index in [0.29, 0.717) is 27.6 Å². The van der Waals surface area contributed by atoms with E-state index in [1.807, 2.05) is 0 Å². The Morgan fingerprint density at radius 2 is 2.11 bits per heavy atom. The highest BCUT2D eigenvalue weighted by molar-refractivity contribution is 7.80. The first-order valence-electron chi connectivity index (χ1n) is 5.35. The van der Waals surface area contributed by atoms with Crippen LogP contribution in [0, 0.1) is 12.7 Å². The van der Waals surface area contributed by atoms with Crippen molar-refractivity contribution >= 4 is 28.7 Å². The summed E-state index contributed by atoms with van der Waals surface area (Å²) in [5.41, 5.74) is 7.43. The van der Waals surface area contributed by atoms with Crippen LogP contribution in [0.25, 0.3) is 0 Å². The van der Waals surface area contributed by atoms with Gasteiger partial charge in [-0.05, 0) is 36.8 Å².